The van der Waals surface area contributed by atoms with Crippen molar-refractivity contribution >= 4 is 5.97 Å². The molecule has 0 bridgehead atoms. The van der Waals surface area contributed by atoms with Crippen molar-refractivity contribution in [2.75, 3.05) is 6.61 Å². The van der Waals surface area contributed by atoms with Crippen LogP contribution in [0.5, 0.6) is 0 Å². The Labute approximate surface area is 92.0 Å². The highest BCUT2D eigenvalue weighted by Gasteiger charge is 2.02. The summed E-state index contributed by atoms with van der Waals surface area (Å²) in [5.41, 5.74) is 0.560. The van der Waals surface area contributed by atoms with Crippen LogP contribution in [0.1, 0.15) is 27.2 Å². The van der Waals surface area contributed by atoms with Crippen LogP contribution in [-0.4, -0.2) is 12.6 Å². The van der Waals surface area contributed by atoms with Crippen molar-refractivity contribution in [1.29, 1.82) is 0 Å². The van der Waals surface area contributed by atoms with Gasteiger partial charge in [-0.15, -0.1) is 6.42 Å². The van der Waals surface area contributed by atoms with Gasteiger partial charge in [0.15, 0.2) is 6.61 Å². The molecule has 0 aliphatic rings. The molecule has 15 heavy (non-hydrogen) atoms. The van der Waals surface area contributed by atoms with Crippen LogP contribution in [-0.2, 0) is 9.53 Å². The van der Waals surface area contributed by atoms with Gasteiger partial charge in [0.1, 0.15) is 0 Å². The highest BCUT2D eigenvalue weighted by molar-refractivity contribution is 5.88. The summed E-state index contributed by atoms with van der Waals surface area (Å²) in [5, 5.41) is 0. The minimum atomic E-state index is -0.359. The van der Waals surface area contributed by atoms with E-state index in [0.29, 0.717) is 11.5 Å². The monoisotopic (exact) mass is 206 g/mol. The Morgan fingerprint density at radius 3 is 2.73 bits per heavy atom. The molecule has 0 amide bonds. The second-order valence-corrected chi connectivity index (χ2v) is 3.69. The quantitative estimate of drug-likeness (QED) is 0.299. The minimum Gasteiger partial charge on any atom is -0.449 e. The van der Waals surface area contributed by atoms with Crippen LogP contribution in [0.3, 0.4) is 0 Å². The predicted molar refractivity (Wildman–Crippen MR) is 62.1 cm³/mol. The molecule has 0 radical (unpaired) electrons. The number of ether oxygens (including phenoxy) is 1. The van der Waals surface area contributed by atoms with Crippen LogP contribution in [0.4, 0.5) is 0 Å². The van der Waals surface area contributed by atoms with Crippen molar-refractivity contribution < 1.29 is 9.53 Å². The van der Waals surface area contributed by atoms with Crippen LogP contribution < -0.4 is 0 Å². The molecule has 2 nitrogen and oxygen atoms in total. The highest BCUT2D eigenvalue weighted by atomic mass is 16.5. The summed E-state index contributed by atoms with van der Waals surface area (Å²) >= 11 is 0. The molecule has 0 saturated heterocycles. The SMILES string of the molecule is C#CCOC(=O)C(C)=CC=CCC(C)C. The topological polar surface area (TPSA) is 26.3 Å². The van der Waals surface area contributed by atoms with E-state index in [1.54, 1.807) is 13.0 Å². The Bertz CT molecular complexity index is 290. The standard InChI is InChI=1S/C13H18O2/c1-5-10-15-13(14)12(4)9-7-6-8-11(2)3/h1,6-7,9,11H,8,10H2,2-4H3. The molecule has 0 aromatic heterocycles. The molecule has 0 unspecified atom stereocenters. The fraction of sp³-hybridized carbons (Fsp3) is 0.462. The summed E-state index contributed by atoms with van der Waals surface area (Å²) in [4.78, 5) is 11.2. The largest absolute Gasteiger partial charge is 0.449 e. The van der Waals surface area contributed by atoms with E-state index in [0.717, 1.165) is 6.42 Å². The molecule has 0 N–H and O–H groups in total. The maximum Gasteiger partial charge on any atom is 0.334 e. The first kappa shape index (κ1) is 13.5. The van der Waals surface area contributed by atoms with Gasteiger partial charge < -0.3 is 4.74 Å². The van der Waals surface area contributed by atoms with E-state index < -0.39 is 0 Å². The normalized spacial score (nSPS) is 11.8. The van der Waals surface area contributed by atoms with Crippen LogP contribution in [0.15, 0.2) is 23.8 Å². The lowest BCUT2D eigenvalue weighted by Crippen LogP contribution is -2.05. The molecule has 0 spiro atoms. The summed E-state index contributed by atoms with van der Waals surface area (Å²) in [6.45, 7) is 6.02. The van der Waals surface area contributed by atoms with Crippen molar-refractivity contribution in [3.63, 3.8) is 0 Å². The summed E-state index contributed by atoms with van der Waals surface area (Å²) in [6, 6.07) is 0. The summed E-state index contributed by atoms with van der Waals surface area (Å²) in [5.74, 6) is 2.52. The average molecular weight is 206 g/mol. The zero-order chi connectivity index (χ0) is 11.7. The number of esters is 1. The third-order valence-electron chi connectivity index (χ3n) is 1.70. The lowest BCUT2D eigenvalue weighted by atomic mass is 10.1. The van der Waals surface area contributed by atoms with Gasteiger partial charge in [-0.25, -0.2) is 4.79 Å². The van der Waals surface area contributed by atoms with E-state index >= 15 is 0 Å². The van der Waals surface area contributed by atoms with Gasteiger partial charge in [-0.2, -0.15) is 0 Å². The van der Waals surface area contributed by atoms with E-state index in [-0.39, 0.29) is 12.6 Å². The second kappa shape index (κ2) is 7.87. The molecule has 0 aromatic rings. The third-order valence-corrected chi connectivity index (χ3v) is 1.70. The van der Waals surface area contributed by atoms with Gasteiger partial charge >= 0.3 is 5.97 Å². The van der Waals surface area contributed by atoms with Crippen LogP contribution in [0, 0.1) is 18.3 Å². The molecule has 0 fully saturated rings. The van der Waals surface area contributed by atoms with Gasteiger partial charge in [0.25, 0.3) is 0 Å². The van der Waals surface area contributed by atoms with Gasteiger partial charge in [0.05, 0.1) is 0 Å². The molecule has 0 aliphatic heterocycles. The molecule has 0 aromatic carbocycles. The van der Waals surface area contributed by atoms with Gasteiger partial charge in [-0.3, -0.25) is 0 Å². The fourth-order valence-electron chi connectivity index (χ4n) is 0.852. The Morgan fingerprint density at radius 1 is 1.53 bits per heavy atom. The number of allylic oxidation sites excluding steroid dienone is 3. The van der Waals surface area contributed by atoms with Crippen molar-refractivity contribution in [3.05, 3.63) is 23.8 Å². The van der Waals surface area contributed by atoms with Gasteiger partial charge in [-0.05, 0) is 19.3 Å². The van der Waals surface area contributed by atoms with Crippen LogP contribution in [0.2, 0.25) is 0 Å². The molecule has 0 atom stereocenters. The summed E-state index contributed by atoms with van der Waals surface area (Å²) in [6.07, 6.45) is 11.6. The Kier molecular flexibility index (Phi) is 7.09. The Hall–Kier alpha value is -1.49. The number of carbonyl (C=O) groups excluding carboxylic acids is 1. The lowest BCUT2D eigenvalue weighted by molar-refractivity contribution is -0.137. The molecule has 2 heteroatoms. The van der Waals surface area contributed by atoms with Gasteiger partial charge in [0, 0.05) is 5.57 Å². The van der Waals surface area contributed by atoms with E-state index in [9.17, 15) is 4.79 Å². The van der Waals surface area contributed by atoms with E-state index in [4.69, 9.17) is 11.2 Å². The molecule has 82 valence electrons. The summed E-state index contributed by atoms with van der Waals surface area (Å²) < 4.78 is 4.75. The summed E-state index contributed by atoms with van der Waals surface area (Å²) in [7, 11) is 0. The zero-order valence-electron chi connectivity index (χ0n) is 9.62. The van der Waals surface area contributed by atoms with Crippen LogP contribution >= 0.6 is 0 Å². The van der Waals surface area contributed by atoms with Crippen molar-refractivity contribution in [3.8, 4) is 12.3 Å². The van der Waals surface area contributed by atoms with Crippen LogP contribution in [0.25, 0.3) is 0 Å². The first-order valence-corrected chi connectivity index (χ1v) is 5.02. The van der Waals surface area contributed by atoms with Crippen molar-refractivity contribution in [2.24, 2.45) is 5.92 Å². The molecule has 0 saturated carbocycles. The highest BCUT2D eigenvalue weighted by Crippen LogP contribution is 2.02. The number of hydrogen-bond acceptors (Lipinski definition) is 2. The first-order valence-electron chi connectivity index (χ1n) is 5.02. The number of hydrogen-bond donors (Lipinski definition) is 0. The number of carbonyl (C=O) groups is 1. The predicted octanol–water partition coefficient (Wildman–Crippen LogP) is 2.71. The lowest BCUT2D eigenvalue weighted by Gasteiger charge is -1.99. The third kappa shape index (κ3) is 7.57. The second-order valence-electron chi connectivity index (χ2n) is 3.69. The molecule has 0 aliphatic carbocycles. The van der Waals surface area contributed by atoms with E-state index in [1.165, 1.54) is 0 Å². The van der Waals surface area contributed by atoms with E-state index in [1.807, 2.05) is 12.2 Å². The zero-order valence-corrected chi connectivity index (χ0v) is 9.62. The molecular formula is C13H18O2. The van der Waals surface area contributed by atoms with Crippen molar-refractivity contribution in [1.82, 2.24) is 0 Å². The molecule has 0 heterocycles. The first-order chi connectivity index (χ1) is 7.07. The Balaban J connectivity index is 4.03. The fourth-order valence-corrected chi connectivity index (χ4v) is 0.852. The van der Waals surface area contributed by atoms with Crippen molar-refractivity contribution in [2.45, 2.75) is 27.2 Å². The number of rotatable bonds is 5. The number of terminal acetylenes is 1. The minimum absolute atomic E-state index is 0.0275. The molecule has 0 rings (SSSR count). The maximum absolute atomic E-state index is 11.2. The van der Waals surface area contributed by atoms with Gasteiger partial charge in [-0.1, -0.05) is 38.0 Å². The molecular weight excluding hydrogens is 188 g/mol. The Morgan fingerprint density at radius 2 is 2.20 bits per heavy atom. The average Bonchev–Trinajstić information content (AvgIpc) is 2.20. The smallest absolute Gasteiger partial charge is 0.334 e. The van der Waals surface area contributed by atoms with Gasteiger partial charge in [0.2, 0.25) is 0 Å². The van der Waals surface area contributed by atoms with E-state index in [2.05, 4.69) is 19.8 Å². The maximum atomic E-state index is 11.2.